The number of benzene rings is 1. The SMILES string of the molecule is COC(=O)CCCCCCC1=C(/C=C/c2ccccc2)C(O)CC1=O. The molecule has 2 rings (SSSR count). The number of ether oxygens (including phenoxy) is 1. The van der Waals surface area contributed by atoms with Gasteiger partial charge in [0, 0.05) is 18.4 Å². The highest BCUT2D eigenvalue weighted by Gasteiger charge is 2.28. The molecule has 1 atom stereocenters. The summed E-state index contributed by atoms with van der Waals surface area (Å²) >= 11 is 0. The Balaban J connectivity index is 1.88. The predicted octanol–water partition coefficient (Wildman–Crippen LogP) is 3.84. The number of carbonyl (C=O) groups excluding carboxylic acids is 2. The largest absolute Gasteiger partial charge is 0.469 e. The Morgan fingerprint density at radius 2 is 1.88 bits per heavy atom. The van der Waals surface area contributed by atoms with E-state index in [1.807, 2.05) is 42.5 Å². The van der Waals surface area contributed by atoms with Crippen molar-refractivity contribution in [2.75, 3.05) is 7.11 Å². The average Bonchev–Trinajstić information content (AvgIpc) is 2.89. The molecule has 1 aromatic rings. The number of Topliss-reactive ketones (excluding diaryl/α,β-unsaturated/α-hetero) is 1. The predicted molar refractivity (Wildman–Crippen MR) is 97.9 cm³/mol. The fourth-order valence-corrected chi connectivity index (χ4v) is 3.04. The van der Waals surface area contributed by atoms with Crippen molar-refractivity contribution in [3.05, 3.63) is 53.1 Å². The summed E-state index contributed by atoms with van der Waals surface area (Å²) in [7, 11) is 1.40. The number of rotatable bonds is 9. The molecule has 1 aromatic carbocycles. The van der Waals surface area contributed by atoms with Crippen molar-refractivity contribution in [3.63, 3.8) is 0 Å². The first kappa shape index (κ1) is 19.1. The van der Waals surface area contributed by atoms with Crippen molar-refractivity contribution in [1.82, 2.24) is 0 Å². The summed E-state index contributed by atoms with van der Waals surface area (Å²) in [6.45, 7) is 0. The van der Waals surface area contributed by atoms with E-state index in [4.69, 9.17) is 0 Å². The number of hydrogen-bond acceptors (Lipinski definition) is 4. The van der Waals surface area contributed by atoms with Gasteiger partial charge in [0.2, 0.25) is 0 Å². The summed E-state index contributed by atoms with van der Waals surface area (Å²) in [5.74, 6) is -0.125. The number of carbonyl (C=O) groups is 2. The maximum Gasteiger partial charge on any atom is 0.305 e. The minimum atomic E-state index is -0.693. The van der Waals surface area contributed by atoms with Gasteiger partial charge in [-0.3, -0.25) is 9.59 Å². The Kier molecular flexibility index (Phi) is 7.61. The van der Waals surface area contributed by atoms with Crippen LogP contribution in [0.3, 0.4) is 0 Å². The Labute approximate surface area is 149 Å². The Morgan fingerprint density at radius 1 is 1.16 bits per heavy atom. The highest BCUT2D eigenvalue weighted by atomic mass is 16.5. The average molecular weight is 342 g/mol. The van der Waals surface area contributed by atoms with Gasteiger partial charge in [0.25, 0.3) is 0 Å². The molecule has 0 amide bonds. The summed E-state index contributed by atoms with van der Waals surface area (Å²) in [4.78, 5) is 23.2. The molecular formula is C21H26O4. The van der Waals surface area contributed by atoms with E-state index in [9.17, 15) is 14.7 Å². The van der Waals surface area contributed by atoms with Crippen molar-refractivity contribution in [1.29, 1.82) is 0 Å². The third-order valence-corrected chi connectivity index (χ3v) is 4.46. The normalized spacial score (nSPS) is 17.5. The molecule has 1 aliphatic rings. The van der Waals surface area contributed by atoms with Crippen LogP contribution in [-0.4, -0.2) is 30.1 Å². The molecule has 0 saturated heterocycles. The van der Waals surface area contributed by atoms with Crippen molar-refractivity contribution in [3.8, 4) is 0 Å². The minimum Gasteiger partial charge on any atom is -0.469 e. The van der Waals surface area contributed by atoms with Crippen LogP contribution in [0, 0.1) is 0 Å². The Morgan fingerprint density at radius 3 is 2.60 bits per heavy atom. The van der Waals surface area contributed by atoms with Gasteiger partial charge in [-0.2, -0.15) is 0 Å². The molecule has 0 aromatic heterocycles. The molecule has 0 saturated carbocycles. The number of aliphatic hydroxyl groups is 1. The second kappa shape index (κ2) is 9.94. The molecule has 0 radical (unpaired) electrons. The highest BCUT2D eigenvalue weighted by molar-refractivity contribution is 6.00. The number of ketones is 1. The molecule has 134 valence electrons. The number of aliphatic hydroxyl groups excluding tert-OH is 1. The van der Waals surface area contributed by atoms with Gasteiger partial charge in [-0.05, 0) is 30.4 Å². The van der Waals surface area contributed by atoms with Gasteiger partial charge in [-0.15, -0.1) is 0 Å². The van der Waals surface area contributed by atoms with Crippen LogP contribution < -0.4 is 0 Å². The van der Waals surface area contributed by atoms with Gasteiger partial charge in [0.15, 0.2) is 5.78 Å². The molecular weight excluding hydrogens is 316 g/mol. The summed E-state index contributed by atoms with van der Waals surface area (Å²) in [6.07, 6.45) is 8.03. The van der Waals surface area contributed by atoms with Crippen LogP contribution in [0.2, 0.25) is 0 Å². The van der Waals surface area contributed by atoms with Gasteiger partial charge in [-0.1, -0.05) is 55.3 Å². The first-order valence-corrected chi connectivity index (χ1v) is 8.86. The lowest BCUT2D eigenvalue weighted by Crippen LogP contribution is -2.04. The van der Waals surface area contributed by atoms with E-state index < -0.39 is 6.10 Å². The molecule has 25 heavy (non-hydrogen) atoms. The molecule has 1 aliphatic carbocycles. The zero-order chi connectivity index (χ0) is 18.1. The molecule has 0 aliphatic heterocycles. The first-order chi connectivity index (χ1) is 12.1. The molecule has 4 heteroatoms. The van der Waals surface area contributed by atoms with Crippen LogP contribution >= 0.6 is 0 Å². The fourth-order valence-electron chi connectivity index (χ4n) is 3.04. The lowest BCUT2D eigenvalue weighted by atomic mass is 10.0. The van der Waals surface area contributed by atoms with E-state index >= 15 is 0 Å². The first-order valence-electron chi connectivity index (χ1n) is 8.86. The molecule has 0 fully saturated rings. The van der Waals surface area contributed by atoms with Gasteiger partial charge in [0.1, 0.15) is 0 Å². The third-order valence-electron chi connectivity index (χ3n) is 4.46. The molecule has 0 bridgehead atoms. The molecule has 1 N–H and O–H groups in total. The zero-order valence-corrected chi connectivity index (χ0v) is 14.7. The smallest absolute Gasteiger partial charge is 0.305 e. The van der Waals surface area contributed by atoms with Crippen molar-refractivity contribution >= 4 is 17.8 Å². The van der Waals surface area contributed by atoms with Crippen LogP contribution in [0.5, 0.6) is 0 Å². The van der Waals surface area contributed by atoms with Crippen LogP contribution in [0.15, 0.2) is 47.6 Å². The molecule has 0 spiro atoms. The summed E-state index contributed by atoms with van der Waals surface area (Å²) in [5.41, 5.74) is 2.56. The molecule has 4 nitrogen and oxygen atoms in total. The van der Waals surface area contributed by atoms with Gasteiger partial charge < -0.3 is 9.84 Å². The van der Waals surface area contributed by atoms with Crippen LogP contribution in [-0.2, 0) is 14.3 Å². The topological polar surface area (TPSA) is 63.6 Å². The van der Waals surface area contributed by atoms with Gasteiger partial charge in [-0.25, -0.2) is 0 Å². The second-order valence-corrected chi connectivity index (χ2v) is 6.31. The molecule has 0 heterocycles. The van der Waals surface area contributed by atoms with E-state index in [0.717, 1.165) is 42.4 Å². The summed E-state index contributed by atoms with van der Waals surface area (Å²) in [5, 5.41) is 10.2. The van der Waals surface area contributed by atoms with Crippen LogP contribution in [0.25, 0.3) is 6.08 Å². The Hall–Kier alpha value is -2.20. The van der Waals surface area contributed by atoms with Gasteiger partial charge >= 0.3 is 5.97 Å². The quantitative estimate of drug-likeness (QED) is 0.547. The minimum absolute atomic E-state index is 0.0507. The number of methoxy groups -OCH3 is 1. The summed E-state index contributed by atoms with van der Waals surface area (Å²) in [6, 6.07) is 9.84. The zero-order valence-electron chi connectivity index (χ0n) is 14.7. The van der Waals surface area contributed by atoms with Crippen molar-refractivity contribution in [2.45, 2.75) is 51.0 Å². The lowest BCUT2D eigenvalue weighted by Gasteiger charge is -2.06. The van der Waals surface area contributed by atoms with Crippen LogP contribution in [0.4, 0.5) is 0 Å². The molecule has 1 unspecified atom stereocenters. The van der Waals surface area contributed by atoms with E-state index in [0.29, 0.717) is 12.8 Å². The highest BCUT2D eigenvalue weighted by Crippen LogP contribution is 2.29. The summed E-state index contributed by atoms with van der Waals surface area (Å²) < 4.78 is 4.61. The van der Waals surface area contributed by atoms with Crippen molar-refractivity contribution in [2.24, 2.45) is 0 Å². The van der Waals surface area contributed by atoms with Crippen LogP contribution in [0.1, 0.15) is 50.5 Å². The van der Waals surface area contributed by atoms with E-state index in [1.54, 1.807) is 0 Å². The van der Waals surface area contributed by atoms with E-state index in [1.165, 1.54) is 7.11 Å². The van der Waals surface area contributed by atoms with E-state index in [-0.39, 0.29) is 18.2 Å². The number of esters is 1. The number of hydrogen-bond donors (Lipinski definition) is 1. The number of allylic oxidation sites excluding steroid dienone is 1. The monoisotopic (exact) mass is 342 g/mol. The third kappa shape index (κ3) is 5.98. The lowest BCUT2D eigenvalue weighted by molar-refractivity contribution is -0.140. The van der Waals surface area contributed by atoms with Gasteiger partial charge in [0.05, 0.1) is 13.2 Å². The second-order valence-electron chi connectivity index (χ2n) is 6.31. The standard InChI is InChI=1S/C21H26O4/c1-25-21(24)12-8-3-2-7-11-17-18(20(23)15-19(17)22)14-13-16-9-5-4-6-10-16/h4-6,9-10,13-14,20,23H,2-3,7-8,11-12,15H2,1H3/b14-13+. The maximum absolute atomic E-state index is 12.1. The maximum atomic E-state index is 12.1. The fraction of sp³-hybridized carbons (Fsp3) is 0.429. The Bertz CT molecular complexity index is 643. The number of unbranched alkanes of at least 4 members (excludes halogenated alkanes) is 3. The van der Waals surface area contributed by atoms with E-state index in [2.05, 4.69) is 4.74 Å². The van der Waals surface area contributed by atoms with Crippen molar-refractivity contribution < 1.29 is 19.4 Å².